The minimum atomic E-state index is -4.71. The molecule has 0 saturated carbocycles. The van der Waals surface area contributed by atoms with E-state index in [1.165, 1.54) is 0 Å². The van der Waals surface area contributed by atoms with Crippen LogP contribution in [-0.2, 0) is 6.18 Å². The van der Waals surface area contributed by atoms with Crippen molar-refractivity contribution in [1.29, 1.82) is 0 Å². The molecule has 0 aliphatic rings. The highest BCUT2D eigenvalue weighted by Gasteiger charge is 2.39. The van der Waals surface area contributed by atoms with Gasteiger partial charge in [-0.3, -0.25) is 4.79 Å². The Hall–Kier alpha value is -1.57. The van der Waals surface area contributed by atoms with Crippen molar-refractivity contribution >= 4 is 5.91 Å². The number of nitrogens with one attached hydrogen (secondary N) is 1. The van der Waals surface area contributed by atoms with E-state index in [1.807, 2.05) is 0 Å². The van der Waals surface area contributed by atoms with Crippen molar-refractivity contribution in [3.63, 3.8) is 0 Å². The fourth-order valence-corrected chi connectivity index (χ4v) is 0.951. The Morgan fingerprint density at radius 3 is 2.81 bits per heavy atom. The maximum atomic E-state index is 12.3. The lowest BCUT2D eigenvalue weighted by atomic mass is 10.2. The van der Waals surface area contributed by atoms with Crippen LogP contribution in [0.3, 0.4) is 0 Å². The molecule has 3 N–H and O–H groups in total. The fourth-order valence-electron chi connectivity index (χ4n) is 0.951. The molecule has 0 bridgehead atoms. The van der Waals surface area contributed by atoms with Gasteiger partial charge in [-0.05, 0) is 6.92 Å². The zero-order chi connectivity index (χ0) is 12.3. The molecule has 0 spiro atoms. The smallest absolute Gasteiger partial charge is 0.363 e. The third kappa shape index (κ3) is 2.96. The van der Waals surface area contributed by atoms with Gasteiger partial charge in [0.2, 0.25) is 0 Å². The summed E-state index contributed by atoms with van der Waals surface area (Å²) in [4.78, 5) is 11.3. The van der Waals surface area contributed by atoms with Crippen LogP contribution in [0.2, 0.25) is 0 Å². The second kappa shape index (κ2) is 4.52. The Labute approximate surface area is 88.8 Å². The van der Waals surface area contributed by atoms with Crippen LogP contribution in [0.25, 0.3) is 0 Å². The zero-order valence-electron chi connectivity index (χ0n) is 8.34. The van der Waals surface area contributed by atoms with Crippen molar-refractivity contribution in [3.8, 4) is 0 Å². The number of hydrogen-bond acceptors (Lipinski definition) is 4. The largest absolute Gasteiger partial charge is 0.437 e. The van der Waals surface area contributed by atoms with Crippen LogP contribution >= 0.6 is 0 Å². The Balaban J connectivity index is 2.81. The molecule has 1 aromatic rings. The molecule has 1 atom stereocenters. The molecule has 5 nitrogen and oxygen atoms in total. The first-order valence-corrected chi connectivity index (χ1v) is 4.37. The predicted molar refractivity (Wildman–Crippen MR) is 47.5 cm³/mol. The molecule has 90 valence electrons. The Morgan fingerprint density at radius 1 is 1.69 bits per heavy atom. The highest BCUT2D eigenvalue weighted by molar-refractivity contribution is 5.95. The van der Waals surface area contributed by atoms with Gasteiger partial charge in [0.05, 0.1) is 0 Å². The summed E-state index contributed by atoms with van der Waals surface area (Å²) < 4.78 is 41.1. The van der Waals surface area contributed by atoms with E-state index >= 15 is 0 Å². The van der Waals surface area contributed by atoms with Gasteiger partial charge in [0.1, 0.15) is 11.8 Å². The quantitative estimate of drug-likeness (QED) is 0.813. The van der Waals surface area contributed by atoms with Gasteiger partial charge in [0.15, 0.2) is 5.69 Å². The van der Waals surface area contributed by atoms with Crippen LogP contribution in [0.1, 0.15) is 23.0 Å². The van der Waals surface area contributed by atoms with Crippen LogP contribution in [0.5, 0.6) is 0 Å². The van der Waals surface area contributed by atoms with Gasteiger partial charge in [-0.2, -0.15) is 13.2 Å². The summed E-state index contributed by atoms with van der Waals surface area (Å²) in [5.74, 6) is -0.911. The van der Waals surface area contributed by atoms with Crippen LogP contribution in [0.15, 0.2) is 10.8 Å². The lowest BCUT2D eigenvalue weighted by Gasteiger charge is -2.08. The fraction of sp³-hybridized carbons (Fsp3) is 0.500. The van der Waals surface area contributed by atoms with Gasteiger partial charge in [-0.15, -0.1) is 0 Å². The Bertz CT molecular complexity index is 373. The standard InChI is InChI=1S/C8H10F3N3O2/c1-4(12)2-13-7(15)5-3-16-14-6(5)8(9,10)11/h3-4H,2,12H2,1H3,(H,13,15). The number of nitrogens with two attached hydrogens (primary N) is 1. The van der Waals surface area contributed by atoms with Gasteiger partial charge in [0.25, 0.3) is 5.91 Å². The molecule has 1 aromatic heterocycles. The SMILES string of the molecule is CC(N)CNC(=O)c1conc1C(F)(F)F. The molecule has 0 fully saturated rings. The second-order valence-corrected chi connectivity index (χ2v) is 3.26. The highest BCUT2D eigenvalue weighted by Crippen LogP contribution is 2.30. The number of aromatic nitrogens is 1. The van der Waals surface area contributed by atoms with Crippen LogP contribution < -0.4 is 11.1 Å². The van der Waals surface area contributed by atoms with Crippen molar-refractivity contribution in [2.24, 2.45) is 5.73 Å². The van der Waals surface area contributed by atoms with Crippen molar-refractivity contribution in [2.45, 2.75) is 19.1 Å². The normalized spacial score (nSPS) is 13.6. The van der Waals surface area contributed by atoms with Crippen molar-refractivity contribution < 1.29 is 22.5 Å². The molecule has 1 unspecified atom stereocenters. The molecule has 0 radical (unpaired) electrons. The first-order chi connectivity index (χ1) is 7.32. The van der Waals surface area contributed by atoms with Gasteiger partial charge in [0, 0.05) is 12.6 Å². The number of hydrogen-bond donors (Lipinski definition) is 2. The van der Waals surface area contributed by atoms with E-state index < -0.39 is 23.3 Å². The summed E-state index contributed by atoms with van der Waals surface area (Å²) in [6, 6.07) is -0.349. The molecular weight excluding hydrogens is 227 g/mol. The van der Waals surface area contributed by atoms with Gasteiger partial charge in [-0.1, -0.05) is 5.16 Å². The number of carbonyl (C=O) groups excluding carboxylic acids is 1. The minimum Gasteiger partial charge on any atom is -0.363 e. The lowest BCUT2D eigenvalue weighted by Crippen LogP contribution is -2.35. The van der Waals surface area contributed by atoms with E-state index in [0.29, 0.717) is 6.26 Å². The zero-order valence-corrected chi connectivity index (χ0v) is 8.34. The molecule has 8 heteroatoms. The molecule has 0 saturated heterocycles. The number of amides is 1. The lowest BCUT2D eigenvalue weighted by molar-refractivity contribution is -0.143. The summed E-state index contributed by atoms with van der Waals surface area (Å²) in [6.07, 6.45) is -4.06. The topological polar surface area (TPSA) is 81.1 Å². The third-order valence-corrected chi connectivity index (χ3v) is 1.67. The van der Waals surface area contributed by atoms with E-state index in [4.69, 9.17) is 5.73 Å². The molecule has 1 amide bonds. The molecule has 1 heterocycles. The van der Waals surface area contributed by atoms with Gasteiger partial charge >= 0.3 is 6.18 Å². The van der Waals surface area contributed by atoms with Gasteiger partial charge in [-0.25, -0.2) is 0 Å². The number of carbonyl (C=O) groups is 1. The highest BCUT2D eigenvalue weighted by atomic mass is 19.4. The molecule has 16 heavy (non-hydrogen) atoms. The van der Waals surface area contributed by atoms with E-state index in [0.717, 1.165) is 0 Å². The Kier molecular flexibility index (Phi) is 3.53. The first-order valence-electron chi connectivity index (χ1n) is 4.37. The molecule has 1 rings (SSSR count). The third-order valence-electron chi connectivity index (χ3n) is 1.67. The van der Waals surface area contributed by atoms with Crippen molar-refractivity contribution in [2.75, 3.05) is 6.54 Å². The van der Waals surface area contributed by atoms with Crippen LogP contribution in [-0.4, -0.2) is 23.7 Å². The molecule has 0 aromatic carbocycles. The molecular formula is C8H10F3N3O2. The summed E-state index contributed by atoms with van der Waals surface area (Å²) in [5.41, 5.74) is 3.36. The van der Waals surface area contributed by atoms with Crippen molar-refractivity contribution in [3.05, 3.63) is 17.5 Å². The summed E-state index contributed by atoms with van der Waals surface area (Å²) >= 11 is 0. The minimum absolute atomic E-state index is 0.0707. The average molecular weight is 237 g/mol. The number of alkyl halides is 3. The van der Waals surface area contributed by atoms with Crippen molar-refractivity contribution in [1.82, 2.24) is 10.5 Å². The van der Waals surface area contributed by atoms with E-state index in [-0.39, 0.29) is 12.6 Å². The predicted octanol–water partition coefficient (Wildman–Crippen LogP) is 0.770. The Morgan fingerprint density at radius 2 is 2.31 bits per heavy atom. The molecule has 0 aliphatic heterocycles. The summed E-state index contributed by atoms with van der Waals surface area (Å²) in [6.45, 7) is 1.68. The monoisotopic (exact) mass is 237 g/mol. The average Bonchev–Trinajstić information content (AvgIpc) is 2.61. The van der Waals surface area contributed by atoms with Crippen LogP contribution in [0.4, 0.5) is 13.2 Å². The second-order valence-electron chi connectivity index (χ2n) is 3.26. The first kappa shape index (κ1) is 12.5. The van der Waals surface area contributed by atoms with Crippen LogP contribution in [0, 0.1) is 0 Å². The summed E-state index contributed by atoms with van der Waals surface area (Å²) in [5, 5.41) is 4.98. The summed E-state index contributed by atoms with van der Waals surface area (Å²) in [7, 11) is 0. The number of halogens is 3. The maximum absolute atomic E-state index is 12.3. The number of nitrogens with zero attached hydrogens (tertiary/aromatic N) is 1. The van der Waals surface area contributed by atoms with E-state index in [2.05, 4.69) is 15.0 Å². The molecule has 0 aliphatic carbocycles. The number of rotatable bonds is 3. The maximum Gasteiger partial charge on any atom is 0.437 e. The van der Waals surface area contributed by atoms with Gasteiger partial charge < -0.3 is 15.6 Å². The van der Waals surface area contributed by atoms with E-state index in [1.54, 1.807) is 6.92 Å². The van der Waals surface area contributed by atoms with E-state index in [9.17, 15) is 18.0 Å².